The molecule has 0 rings (SSSR count). The Morgan fingerprint density at radius 1 is 1.42 bits per heavy atom. The topological polar surface area (TPSA) is 29.5 Å². The quantitative estimate of drug-likeness (QED) is 0.386. The van der Waals surface area contributed by atoms with E-state index in [1.165, 1.54) is 0 Å². The molecule has 12 heavy (non-hydrogen) atoms. The SMILES string of the molecule is C=C(C)C=CC(C)=COCCO. The Kier molecular flexibility index (Phi) is 6.11. The molecule has 0 bridgehead atoms. The fourth-order valence-electron chi connectivity index (χ4n) is 0.556. The number of aliphatic hydroxyl groups excluding tert-OH is 1. The molecule has 0 amide bonds. The van der Waals surface area contributed by atoms with Crippen LogP contribution >= 0.6 is 0 Å². The molecule has 0 spiro atoms. The summed E-state index contributed by atoms with van der Waals surface area (Å²) in [6.45, 7) is 7.98. The third-order valence-electron chi connectivity index (χ3n) is 1.11. The van der Waals surface area contributed by atoms with Crippen molar-refractivity contribution in [2.45, 2.75) is 13.8 Å². The smallest absolute Gasteiger partial charge is 0.110 e. The van der Waals surface area contributed by atoms with Crippen molar-refractivity contribution in [2.75, 3.05) is 13.2 Å². The molecule has 0 aliphatic carbocycles. The van der Waals surface area contributed by atoms with Gasteiger partial charge in [0.2, 0.25) is 0 Å². The van der Waals surface area contributed by atoms with Crippen LogP contribution < -0.4 is 0 Å². The van der Waals surface area contributed by atoms with E-state index in [0.29, 0.717) is 6.61 Å². The fourth-order valence-corrected chi connectivity index (χ4v) is 0.556. The minimum atomic E-state index is 0.0496. The molecule has 0 aromatic heterocycles. The molecule has 2 heteroatoms. The largest absolute Gasteiger partial charge is 0.499 e. The first kappa shape index (κ1) is 11.0. The zero-order chi connectivity index (χ0) is 9.40. The van der Waals surface area contributed by atoms with E-state index in [2.05, 4.69) is 6.58 Å². The van der Waals surface area contributed by atoms with E-state index in [1.807, 2.05) is 26.0 Å². The van der Waals surface area contributed by atoms with Gasteiger partial charge in [-0.3, -0.25) is 0 Å². The molecule has 0 aromatic rings. The third-order valence-corrected chi connectivity index (χ3v) is 1.11. The summed E-state index contributed by atoms with van der Waals surface area (Å²) < 4.78 is 4.98. The van der Waals surface area contributed by atoms with Crippen molar-refractivity contribution in [1.82, 2.24) is 0 Å². The van der Waals surface area contributed by atoms with Crippen molar-refractivity contribution in [3.8, 4) is 0 Å². The summed E-state index contributed by atoms with van der Waals surface area (Å²) in [7, 11) is 0. The Bertz CT molecular complexity index is 190. The molecule has 68 valence electrons. The maximum atomic E-state index is 8.41. The van der Waals surface area contributed by atoms with Crippen LogP contribution in [0.3, 0.4) is 0 Å². The highest BCUT2D eigenvalue weighted by atomic mass is 16.5. The first-order chi connectivity index (χ1) is 5.66. The van der Waals surface area contributed by atoms with E-state index in [9.17, 15) is 0 Å². The molecule has 1 N–H and O–H groups in total. The van der Waals surface area contributed by atoms with Gasteiger partial charge in [-0.25, -0.2) is 0 Å². The molecule has 0 atom stereocenters. The Morgan fingerprint density at radius 2 is 2.08 bits per heavy atom. The zero-order valence-corrected chi connectivity index (χ0v) is 7.71. The highest BCUT2D eigenvalue weighted by Gasteiger charge is 1.82. The van der Waals surface area contributed by atoms with Crippen LogP contribution in [0.5, 0.6) is 0 Å². The van der Waals surface area contributed by atoms with Gasteiger partial charge < -0.3 is 9.84 Å². The average molecular weight is 168 g/mol. The lowest BCUT2D eigenvalue weighted by atomic mass is 10.2. The highest BCUT2D eigenvalue weighted by Crippen LogP contribution is 1.98. The molecule has 0 aromatic carbocycles. The Labute approximate surface area is 73.9 Å². The number of hydrogen-bond acceptors (Lipinski definition) is 2. The Morgan fingerprint density at radius 3 is 2.58 bits per heavy atom. The summed E-state index contributed by atoms with van der Waals surface area (Å²) in [4.78, 5) is 0. The summed E-state index contributed by atoms with van der Waals surface area (Å²) in [6.07, 6.45) is 5.45. The van der Waals surface area contributed by atoms with Crippen molar-refractivity contribution in [2.24, 2.45) is 0 Å². The average Bonchev–Trinajstić information content (AvgIpc) is 2.01. The molecule has 0 aliphatic heterocycles. The van der Waals surface area contributed by atoms with Crippen LogP contribution in [0.15, 0.2) is 36.1 Å². The second-order valence-corrected chi connectivity index (χ2v) is 2.64. The lowest BCUT2D eigenvalue weighted by molar-refractivity contribution is 0.165. The highest BCUT2D eigenvalue weighted by molar-refractivity contribution is 5.22. The first-order valence-electron chi connectivity index (χ1n) is 3.89. The zero-order valence-electron chi connectivity index (χ0n) is 7.71. The lowest BCUT2D eigenvalue weighted by Crippen LogP contribution is -1.92. The van der Waals surface area contributed by atoms with Crippen molar-refractivity contribution in [1.29, 1.82) is 0 Å². The number of allylic oxidation sites excluding steroid dienone is 4. The van der Waals surface area contributed by atoms with E-state index in [1.54, 1.807) is 6.26 Å². The minimum absolute atomic E-state index is 0.0496. The standard InChI is InChI=1S/C10H16O2/c1-9(2)4-5-10(3)8-12-7-6-11/h4-5,8,11H,1,6-7H2,2-3H3. The molecule has 0 radical (unpaired) electrons. The Hall–Kier alpha value is -1.02. The number of aliphatic hydroxyl groups is 1. The van der Waals surface area contributed by atoms with Crippen molar-refractivity contribution >= 4 is 0 Å². The normalized spacial score (nSPS) is 12.1. The first-order valence-corrected chi connectivity index (χ1v) is 3.89. The van der Waals surface area contributed by atoms with Crippen LogP contribution in [0.4, 0.5) is 0 Å². The van der Waals surface area contributed by atoms with Crippen LogP contribution in [0.2, 0.25) is 0 Å². The third kappa shape index (κ3) is 7.09. The second kappa shape index (κ2) is 6.68. The van der Waals surface area contributed by atoms with Gasteiger partial charge in [0.25, 0.3) is 0 Å². The van der Waals surface area contributed by atoms with E-state index < -0.39 is 0 Å². The van der Waals surface area contributed by atoms with Gasteiger partial charge in [-0.2, -0.15) is 0 Å². The molecule has 0 saturated heterocycles. The van der Waals surface area contributed by atoms with E-state index in [4.69, 9.17) is 9.84 Å². The predicted octanol–water partition coefficient (Wildman–Crippen LogP) is 2.03. The van der Waals surface area contributed by atoms with E-state index in [0.717, 1.165) is 11.1 Å². The molecule has 0 heterocycles. The van der Waals surface area contributed by atoms with Crippen LogP contribution in [-0.4, -0.2) is 18.3 Å². The van der Waals surface area contributed by atoms with Crippen molar-refractivity contribution in [3.63, 3.8) is 0 Å². The van der Waals surface area contributed by atoms with Gasteiger partial charge in [-0.05, 0) is 19.4 Å². The van der Waals surface area contributed by atoms with Crippen LogP contribution in [-0.2, 0) is 4.74 Å². The maximum Gasteiger partial charge on any atom is 0.110 e. The summed E-state index contributed by atoms with van der Waals surface area (Å²) in [5.41, 5.74) is 2.01. The molecule has 0 aliphatic rings. The summed E-state index contributed by atoms with van der Waals surface area (Å²) in [5.74, 6) is 0. The minimum Gasteiger partial charge on any atom is -0.499 e. The van der Waals surface area contributed by atoms with Crippen LogP contribution in [0, 0.1) is 0 Å². The molecule has 2 nitrogen and oxygen atoms in total. The van der Waals surface area contributed by atoms with Gasteiger partial charge in [0.05, 0.1) is 12.9 Å². The van der Waals surface area contributed by atoms with Gasteiger partial charge in [0.1, 0.15) is 6.61 Å². The monoisotopic (exact) mass is 168 g/mol. The number of ether oxygens (including phenoxy) is 1. The van der Waals surface area contributed by atoms with Crippen LogP contribution in [0.25, 0.3) is 0 Å². The summed E-state index contributed by atoms with van der Waals surface area (Å²) >= 11 is 0. The van der Waals surface area contributed by atoms with Crippen molar-refractivity contribution < 1.29 is 9.84 Å². The maximum absolute atomic E-state index is 8.41. The fraction of sp³-hybridized carbons (Fsp3) is 0.400. The summed E-state index contributed by atoms with van der Waals surface area (Å²) in [5, 5.41) is 8.41. The van der Waals surface area contributed by atoms with Gasteiger partial charge in [-0.15, -0.1) is 0 Å². The van der Waals surface area contributed by atoms with E-state index >= 15 is 0 Å². The van der Waals surface area contributed by atoms with Crippen LogP contribution in [0.1, 0.15) is 13.8 Å². The second-order valence-electron chi connectivity index (χ2n) is 2.64. The molecular weight excluding hydrogens is 152 g/mol. The number of rotatable bonds is 5. The molecule has 0 saturated carbocycles. The van der Waals surface area contributed by atoms with Crippen molar-refractivity contribution in [3.05, 3.63) is 36.1 Å². The van der Waals surface area contributed by atoms with E-state index in [-0.39, 0.29) is 6.61 Å². The van der Waals surface area contributed by atoms with Gasteiger partial charge in [-0.1, -0.05) is 24.3 Å². The molecule has 0 unspecified atom stereocenters. The predicted molar refractivity (Wildman–Crippen MR) is 50.7 cm³/mol. The van der Waals surface area contributed by atoms with Gasteiger partial charge in [0.15, 0.2) is 0 Å². The summed E-state index contributed by atoms with van der Waals surface area (Å²) in [6, 6.07) is 0. The molecular formula is C10H16O2. The Balaban J connectivity index is 3.77. The number of hydrogen-bond donors (Lipinski definition) is 1. The van der Waals surface area contributed by atoms with Gasteiger partial charge in [0, 0.05) is 0 Å². The van der Waals surface area contributed by atoms with Gasteiger partial charge >= 0.3 is 0 Å². The lowest BCUT2D eigenvalue weighted by Gasteiger charge is -1.96. The molecule has 0 fully saturated rings.